The largest absolute Gasteiger partial charge is 0.493 e. The average Bonchev–Trinajstić information content (AvgIpc) is 2.96. The van der Waals surface area contributed by atoms with Crippen molar-refractivity contribution in [3.8, 4) is 23.0 Å². The first-order chi connectivity index (χ1) is 18.5. The predicted octanol–water partition coefficient (Wildman–Crippen LogP) is 5.80. The molecule has 8 nitrogen and oxygen atoms in total. The smallest absolute Gasteiger partial charge is 0.337 e. The van der Waals surface area contributed by atoms with Crippen LogP contribution < -0.4 is 18.9 Å². The summed E-state index contributed by atoms with van der Waals surface area (Å²) >= 11 is 0. The Morgan fingerprint density at radius 2 is 1.13 bits per heavy atom. The van der Waals surface area contributed by atoms with Gasteiger partial charge < -0.3 is 33.2 Å². The zero-order chi connectivity index (χ0) is 27.3. The van der Waals surface area contributed by atoms with E-state index in [0.29, 0.717) is 28.6 Å². The predicted molar refractivity (Wildman–Crippen MR) is 147 cm³/mol. The van der Waals surface area contributed by atoms with Crippen molar-refractivity contribution in [2.24, 2.45) is 0 Å². The highest BCUT2D eigenvalue weighted by Gasteiger charge is 2.09. The van der Waals surface area contributed by atoms with E-state index in [1.54, 1.807) is 40.6 Å². The molecule has 0 atom stereocenters. The molecule has 38 heavy (non-hydrogen) atoms. The van der Waals surface area contributed by atoms with Crippen LogP contribution in [-0.2, 0) is 14.2 Å². The topological polar surface area (TPSA) is 81.7 Å². The molecule has 0 N–H and O–H groups in total. The first-order valence-corrected chi connectivity index (χ1v) is 11.7. The van der Waals surface area contributed by atoms with Crippen LogP contribution in [0.15, 0.2) is 54.6 Å². The van der Waals surface area contributed by atoms with E-state index in [1.165, 1.54) is 7.11 Å². The van der Waals surface area contributed by atoms with Crippen LogP contribution >= 0.6 is 0 Å². The second kappa shape index (κ2) is 14.5. The number of ether oxygens (including phenoxy) is 7. The molecule has 3 aromatic rings. The summed E-state index contributed by atoms with van der Waals surface area (Å²) in [6, 6.07) is 16.6. The lowest BCUT2D eigenvalue weighted by Gasteiger charge is -2.11. The lowest BCUT2D eigenvalue weighted by Crippen LogP contribution is -2.01. The van der Waals surface area contributed by atoms with E-state index in [1.807, 2.05) is 66.8 Å². The summed E-state index contributed by atoms with van der Waals surface area (Å²) in [6.45, 7) is 0.249. The molecular weight excluding hydrogens is 488 g/mol. The molecule has 0 aliphatic heterocycles. The third kappa shape index (κ3) is 7.61. The molecule has 0 heterocycles. The number of carbonyl (C=O) groups is 1. The number of rotatable bonds is 13. The van der Waals surface area contributed by atoms with Gasteiger partial charge in [0.2, 0.25) is 0 Å². The Morgan fingerprint density at radius 3 is 1.61 bits per heavy atom. The Hall–Kier alpha value is -4.27. The molecule has 200 valence electrons. The third-order valence-corrected chi connectivity index (χ3v) is 5.46. The van der Waals surface area contributed by atoms with Crippen LogP contribution in [0.4, 0.5) is 0 Å². The second-order valence-electron chi connectivity index (χ2n) is 7.92. The minimum Gasteiger partial charge on any atom is -0.493 e. The Bertz CT molecular complexity index is 1280. The fraction of sp³-hybridized carbons (Fsp3) is 0.233. The summed E-state index contributed by atoms with van der Waals surface area (Å²) in [7, 11) is 7.64. The molecule has 3 rings (SSSR count). The monoisotopic (exact) mass is 520 g/mol. The number of esters is 1. The van der Waals surface area contributed by atoms with E-state index in [2.05, 4.69) is 0 Å². The van der Waals surface area contributed by atoms with E-state index in [0.717, 1.165) is 22.3 Å². The van der Waals surface area contributed by atoms with Gasteiger partial charge in [0.05, 0.1) is 26.9 Å². The van der Waals surface area contributed by atoms with Gasteiger partial charge in [-0.2, -0.15) is 0 Å². The molecule has 0 bridgehead atoms. The molecule has 0 aromatic heterocycles. The van der Waals surface area contributed by atoms with Crippen LogP contribution in [0.3, 0.4) is 0 Å². The van der Waals surface area contributed by atoms with Crippen molar-refractivity contribution in [3.63, 3.8) is 0 Å². The second-order valence-corrected chi connectivity index (χ2v) is 7.92. The van der Waals surface area contributed by atoms with Crippen molar-refractivity contribution < 1.29 is 38.0 Å². The van der Waals surface area contributed by atoms with E-state index >= 15 is 0 Å². The van der Waals surface area contributed by atoms with Crippen molar-refractivity contribution in [1.29, 1.82) is 0 Å². The van der Waals surface area contributed by atoms with Gasteiger partial charge in [-0.05, 0) is 58.7 Å². The van der Waals surface area contributed by atoms with Gasteiger partial charge in [-0.3, -0.25) is 0 Å². The first kappa shape index (κ1) is 28.3. The molecule has 0 aliphatic carbocycles. The number of carbonyl (C=O) groups excluding carboxylic acids is 1. The minimum absolute atomic E-state index is 0.121. The third-order valence-electron chi connectivity index (χ3n) is 5.46. The van der Waals surface area contributed by atoms with Gasteiger partial charge >= 0.3 is 5.97 Å². The maximum Gasteiger partial charge on any atom is 0.337 e. The number of methoxy groups -OCH3 is 5. The molecule has 0 saturated carbocycles. The van der Waals surface area contributed by atoms with Gasteiger partial charge in [0, 0.05) is 14.2 Å². The SMILES string of the molecule is COCOc1ccc(C=Cc2ccc(C(=O)OC)cc2C=Cc2ccc(OCOC)c(OC)c2)cc1OC. The maximum absolute atomic E-state index is 12.2. The summed E-state index contributed by atoms with van der Waals surface area (Å²) in [5.74, 6) is 1.94. The van der Waals surface area contributed by atoms with Crippen molar-refractivity contribution in [2.45, 2.75) is 0 Å². The normalized spacial score (nSPS) is 11.1. The van der Waals surface area contributed by atoms with Gasteiger partial charge in [0.25, 0.3) is 0 Å². The van der Waals surface area contributed by atoms with Gasteiger partial charge in [-0.15, -0.1) is 0 Å². The van der Waals surface area contributed by atoms with Crippen LogP contribution in [0.25, 0.3) is 24.3 Å². The Morgan fingerprint density at radius 1 is 0.605 bits per heavy atom. The Kier molecular flexibility index (Phi) is 10.8. The van der Waals surface area contributed by atoms with Crippen molar-refractivity contribution in [2.75, 3.05) is 49.1 Å². The molecule has 0 radical (unpaired) electrons. The summed E-state index contributed by atoms with van der Waals surface area (Å²) in [4.78, 5) is 12.2. The minimum atomic E-state index is -0.409. The van der Waals surface area contributed by atoms with E-state index in [9.17, 15) is 4.79 Å². The zero-order valence-electron chi connectivity index (χ0n) is 22.2. The van der Waals surface area contributed by atoms with Crippen LogP contribution in [0.5, 0.6) is 23.0 Å². The Labute approximate surface area is 223 Å². The summed E-state index contributed by atoms with van der Waals surface area (Å²) in [6.07, 6.45) is 7.78. The lowest BCUT2D eigenvalue weighted by molar-refractivity contribution is 0.0490. The molecule has 3 aromatic carbocycles. The average molecular weight is 521 g/mol. The lowest BCUT2D eigenvalue weighted by atomic mass is 10.0. The fourth-order valence-electron chi connectivity index (χ4n) is 3.55. The highest BCUT2D eigenvalue weighted by molar-refractivity contribution is 5.92. The van der Waals surface area contributed by atoms with Crippen molar-refractivity contribution in [3.05, 3.63) is 82.4 Å². The van der Waals surface area contributed by atoms with Crippen molar-refractivity contribution >= 4 is 30.3 Å². The number of benzene rings is 3. The standard InChI is InChI=1S/C30H32O8/c1-32-19-37-26-14-8-21(16-28(26)34-3)6-10-23-12-13-25(30(31)36-5)18-24(23)11-7-22-9-15-27(38-20-33-2)29(17-22)35-4/h6-18H,19-20H2,1-5H3. The quantitative estimate of drug-likeness (QED) is 0.159. The highest BCUT2D eigenvalue weighted by Crippen LogP contribution is 2.30. The molecule has 0 spiro atoms. The number of hydrogen-bond donors (Lipinski definition) is 0. The molecule has 0 amide bonds. The van der Waals surface area contributed by atoms with Gasteiger partial charge in [0.1, 0.15) is 0 Å². The Balaban J connectivity index is 1.92. The summed E-state index contributed by atoms with van der Waals surface area (Å²) < 4.78 is 36.8. The van der Waals surface area contributed by atoms with Gasteiger partial charge in [0.15, 0.2) is 36.6 Å². The zero-order valence-corrected chi connectivity index (χ0v) is 22.2. The number of hydrogen-bond acceptors (Lipinski definition) is 8. The maximum atomic E-state index is 12.2. The fourth-order valence-corrected chi connectivity index (χ4v) is 3.55. The van der Waals surface area contributed by atoms with Gasteiger partial charge in [-0.25, -0.2) is 4.79 Å². The van der Waals surface area contributed by atoms with Crippen LogP contribution in [0, 0.1) is 0 Å². The molecule has 8 heteroatoms. The summed E-state index contributed by atoms with van der Waals surface area (Å²) in [5.41, 5.74) is 3.98. The highest BCUT2D eigenvalue weighted by atomic mass is 16.7. The van der Waals surface area contributed by atoms with Gasteiger partial charge in [-0.1, -0.05) is 42.5 Å². The van der Waals surface area contributed by atoms with Crippen LogP contribution in [-0.4, -0.2) is 55.1 Å². The molecular formula is C30H32O8. The van der Waals surface area contributed by atoms with Crippen molar-refractivity contribution in [1.82, 2.24) is 0 Å². The molecule has 0 fully saturated rings. The molecule has 0 aliphatic rings. The van der Waals surface area contributed by atoms with E-state index < -0.39 is 5.97 Å². The van der Waals surface area contributed by atoms with Crippen LogP contribution in [0.2, 0.25) is 0 Å². The van der Waals surface area contributed by atoms with E-state index in [4.69, 9.17) is 33.2 Å². The molecule has 0 unspecified atom stereocenters. The summed E-state index contributed by atoms with van der Waals surface area (Å²) in [5, 5.41) is 0. The molecule has 0 saturated heterocycles. The first-order valence-electron chi connectivity index (χ1n) is 11.7. The van der Waals surface area contributed by atoms with E-state index in [-0.39, 0.29) is 13.6 Å². The van der Waals surface area contributed by atoms with Crippen LogP contribution in [0.1, 0.15) is 32.6 Å².